The van der Waals surface area contributed by atoms with Crippen LogP contribution in [0.15, 0.2) is 83.9 Å². The number of anilines is 1. The van der Waals surface area contributed by atoms with Crippen molar-refractivity contribution in [2.45, 2.75) is 30.7 Å². The predicted octanol–water partition coefficient (Wildman–Crippen LogP) is 4.56. The maximum atomic E-state index is 13.6. The number of hydrogen-bond acceptors (Lipinski definition) is 5. The first-order chi connectivity index (χ1) is 16.6. The van der Waals surface area contributed by atoms with Crippen LogP contribution in [0, 0.1) is 6.92 Å². The molecular weight excluding hydrogens is 462 g/mol. The third-order valence-electron chi connectivity index (χ3n) is 6.17. The van der Waals surface area contributed by atoms with E-state index in [1.807, 2.05) is 26.0 Å². The largest absolute Gasteiger partial charge is 0.508 e. The van der Waals surface area contributed by atoms with Gasteiger partial charge in [-0.2, -0.15) is 0 Å². The van der Waals surface area contributed by atoms with Gasteiger partial charge < -0.3 is 15.3 Å². The summed E-state index contributed by atoms with van der Waals surface area (Å²) in [5, 5.41) is 13.7. The predicted molar refractivity (Wildman–Crippen MR) is 138 cm³/mol. The van der Waals surface area contributed by atoms with Crippen LogP contribution in [0.3, 0.4) is 0 Å². The zero-order chi connectivity index (χ0) is 25.3. The normalized spacial score (nSPS) is 13.4. The Balaban J connectivity index is 1.82. The highest BCUT2D eigenvalue weighted by molar-refractivity contribution is 7.90. The molecular formula is C27H29N3O4S. The van der Waals surface area contributed by atoms with E-state index in [9.17, 15) is 18.3 Å². The number of aromatic hydroxyl groups is 1. The van der Waals surface area contributed by atoms with Crippen LogP contribution in [0.4, 0.5) is 5.69 Å². The van der Waals surface area contributed by atoms with Gasteiger partial charge in [0.2, 0.25) is 5.91 Å². The van der Waals surface area contributed by atoms with E-state index in [-0.39, 0.29) is 22.5 Å². The first-order valence-corrected chi connectivity index (χ1v) is 12.7. The van der Waals surface area contributed by atoms with Crippen LogP contribution in [0.25, 0.3) is 10.9 Å². The molecule has 0 aliphatic rings. The highest BCUT2D eigenvalue weighted by atomic mass is 32.2. The summed E-state index contributed by atoms with van der Waals surface area (Å²) in [5.41, 5.74) is 2.94. The van der Waals surface area contributed by atoms with Gasteiger partial charge in [-0.25, -0.2) is 12.4 Å². The molecule has 4 aromatic rings. The lowest BCUT2D eigenvalue weighted by Gasteiger charge is -2.28. The zero-order valence-electron chi connectivity index (χ0n) is 20.1. The van der Waals surface area contributed by atoms with Crippen molar-refractivity contribution in [1.29, 1.82) is 0 Å². The summed E-state index contributed by atoms with van der Waals surface area (Å²) in [6, 6.07) is 19.9. The molecule has 0 spiro atoms. The highest BCUT2D eigenvalue weighted by Gasteiger charge is 2.31. The Kier molecular flexibility index (Phi) is 6.58. The number of nitrogens with zero attached hydrogens (tertiary/aromatic N) is 2. The molecule has 0 fully saturated rings. The number of aromatic nitrogens is 1. The molecule has 0 radical (unpaired) electrons. The van der Waals surface area contributed by atoms with Crippen molar-refractivity contribution in [3.63, 3.8) is 0 Å². The Hall–Kier alpha value is -3.78. The topological polar surface area (TPSA) is 91.6 Å². The van der Waals surface area contributed by atoms with E-state index in [1.165, 1.54) is 8.87 Å². The molecule has 3 aromatic carbocycles. The molecule has 7 nitrogen and oxygen atoms in total. The first-order valence-electron chi connectivity index (χ1n) is 11.3. The Morgan fingerprint density at radius 1 is 0.971 bits per heavy atom. The third kappa shape index (κ3) is 4.74. The average Bonchev–Trinajstić information content (AvgIpc) is 3.24. The summed E-state index contributed by atoms with van der Waals surface area (Å²) in [6.45, 7) is 3.81. The summed E-state index contributed by atoms with van der Waals surface area (Å²) in [6.07, 6.45) is 1.62. The van der Waals surface area contributed by atoms with Crippen molar-refractivity contribution in [1.82, 2.24) is 8.87 Å². The summed E-state index contributed by atoms with van der Waals surface area (Å²) in [5.74, 6) is -0.398. The smallest absolute Gasteiger partial charge is 0.268 e. The number of benzene rings is 3. The van der Waals surface area contributed by atoms with Crippen LogP contribution in [-0.2, 0) is 14.8 Å². The third-order valence-corrected chi connectivity index (χ3v) is 7.86. The second-order valence-electron chi connectivity index (χ2n) is 8.91. The molecule has 1 heterocycles. The molecule has 0 aliphatic heterocycles. The summed E-state index contributed by atoms with van der Waals surface area (Å²) >= 11 is 0. The number of carbonyl (C=O) groups is 1. The molecule has 0 aliphatic carbocycles. The SMILES string of the molecule is Cc1ccc(S(=O)(=O)n2cc([C@H](C)[C@H](Nc3ccc(O)cc3)C(=O)N(C)C)c3ccccc32)cc1. The Morgan fingerprint density at radius 2 is 1.60 bits per heavy atom. The van der Waals surface area contributed by atoms with Crippen LogP contribution in [-0.4, -0.2) is 48.4 Å². The van der Waals surface area contributed by atoms with Crippen molar-refractivity contribution >= 4 is 32.5 Å². The Morgan fingerprint density at radius 3 is 2.23 bits per heavy atom. The van der Waals surface area contributed by atoms with Crippen LogP contribution in [0.5, 0.6) is 5.75 Å². The molecule has 1 amide bonds. The molecule has 182 valence electrons. The van der Waals surface area contributed by atoms with E-state index < -0.39 is 16.1 Å². The van der Waals surface area contributed by atoms with E-state index in [4.69, 9.17) is 0 Å². The lowest BCUT2D eigenvalue weighted by Crippen LogP contribution is -2.42. The number of rotatable bonds is 7. The molecule has 0 bridgehead atoms. The van der Waals surface area contributed by atoms with Crippen LogP contribution in [0.2, 0.25) is 0 Å². The second kappa shape index (κ2) is 9.46. The number of likely N-dealkylation sites (N-methyl/N-ethyl adjacent to an activating group) is 1. The minimum Gasteiger partial charge on any atom is -0.508 e. The quantitative estimate of drug-likeness (QED) is 0.370. The van der Waals surface area contributed by atoms with Crippen molar-refractivity contribution in [2.24, 2.45) is 0 Å². The maximum absolute atomic E-state index is 13.6. The number of fused-ring (bicyclic) bond motifs is 1. The molecule has 1 aromatic heterocycles. The fraction of sp³-hybridized carbons (Fsp3) is 0.222. The molecule has 2 N–H and O–H groups in total. The lowest BCUT2D eigenvalue weighted by molar-refractivity contribution is -0.129. The molecule has 0 unspecified atom stereocenters. The fourth-order valence-electron chi connectivity index (χ4n) is 4.16. The number of phenols is 1. The standard InChI is InChI=1S/C27H29N3O4S/c1-18-9-15-22(16-10-18)35(33,34)30-17-24(23-7-5-6-8-25(23)30)19(2)26(27(32)29(3)4)28-20-11-13-21(31)14-12-20/h5-17,19,26,28,31H,1-4H3/t19-,26-/m0/s1. The van der Waals surface area contributed by atoms with Gasteiger partial charge in [-0.3, -0.25) is 4.79 Å². The van der Waals surface area contributed by atoms with Crippen molar-refractivity contribution in [3.8, 4) is 5.75 Å². The Bertz CT molecular complexity index is 1460. The van der Waals surface area contributed by atoms with Crippen LogP contribution < -0.4 is 5.32 Å². The summed E-state index contributed by atoms with van der Waals surface area (Å²) in [4.78, 5) is 14.9. The van der Waals surface area contributed by atoms with Crippen LogP contribution >= 0.6 is 0 Å². The molecule has 2 atom stereocenters. The number of para-hydroxylation sites is 1. The van der Waals surface area contributed by atoms with E-state index >= 15 is 0 Å². The van der Waals surface area contributed by atoms with Crippen LogP contribution in [0.1, 0.15) is 24.0 Å². The second-order valence-corrected chi connectivity index (χ2v) is 10.7. The molecule has 4 rings (SSSR count). The Labute approximate surface area is 205 Å². The number of carbonyl (C=O) groups excluding carboxylic acids is 1. The number of phenolic OH excluding ortho intramolecular Hbond substituents is 1. The molecule has 8 heteroatoms. The van der Waals surface area contributed by atoms with Gasteiger partial charge in [0.15, 0.2) is 0 Å². The van der Waals surface area contributed by atoms with Gasteiger partial charge in [0.1, 0.15) is 11.8 Å². The fourth-order valence-corrected chi connectivity index (χ4v) is 5.53. The van der Waals surface area contributed by atoms with E-state index in [1.54, 1.807) is 81.0 Å². The minimum absolute atomic E-state index is 0.128. The van der Waals surface area contributed by atoms with Gasteiger partial charge in [0, 0.05) is 37.3 Å². The van der Waals surface area contributed by atoms with Crippen molar-refractivity contribution < 1.29 is 18.3 Å². The maximum Gasteiger partial charge on any atom is 0.268 e. The summed E-state index contributed by atoms with van der Waals surface area (Å²) in [7, 11) is -0.475. The van der Waals surface area contributed by atoms with Crippen molar-refractivity contribution in [3.05, 3.63) is 90.1 Å². The van der Waals surface area contributed by atoms with E-state index in [2.05, 4.69) is 5.32 Å². The minimum atomic E-state index is -3.85. The number of nitrogens with one attached hydrogen (secondary N) is 1. The average molecular weight is 492 g/mol. The zero-order valence-corrected chi connectivity index (χ0v) is 21.0. The van der Waals surface area contributed by atoms with E-state index in [0.29, 0.717) is 11.2 Å². The number of amides is 1. The first kappa shape index (κ1) is 24.3. The van der Waals surface area contributed by atoms with Gasteiger partial charge in [0.25, 0.3) is 10.0 Å². The van der Waals surface area contributed by atoms with Crippen molar-refractivity contribution in [2.75, 3.05) is 19.4 Å². The molecule has 0 saturated carbocycles. The molecule has 35 heavy (non-hydrogen) atoms. The highest BCUT2D eigenvalue weighted by Crippen LogP contribution is 2.34. The number of aryl methyl sites for hydroxylation is 1. The number of hydrogen-bond donors (Lipinski definition) is 2. The van der Waals surface area contributed by atoms with Gasteiger partial charge in [-0.05, 0) is 55.0 Å². The summed E-state index contributed by atoms with van der Waals surface area (Å²) < 4.78 is 28.5. The van der Waals surface area contributed by atoms with Gasteiger partial charge in [0.05, 0.1) is 10.4 Å². The van der Waals surface area contributed by atoms with Gasteiger partial charge in [-0.15, -0.1) is 0 Å². The monoisotopic (exact) mass is 491 g/mol. The lowest BCUT2D eigenvalue weighted by atomic mass is 9.91. The molecule has 0 saturated heterocycles. The van der Waals surface area contributed by atoms with E-state index in [0.717, 1.165) is 16.5 Å². The van der Waals surface area contributed by atoms with Gasteiger partial charge >= 0.3 is 0 Å². The van der Waals surface area contributed by atoms with Gasteiger partial charge in [-0.1, -0.05) is 42.8 Å².